The van der Waals surface area contributed by atoms with Gasteiger partial charge in [0.05, 0.1) is 0 Å². The van der Waals surface area contributed by atoms with Crippen LogP contribution >= 0.6 is 0 Å². The van der Waals surface area contributed by atoms with Gasteiger partial charge in [0.25, 0.3) is 12.3 Å². The van der Waals surface area contributed by atoms with Crippen molar-refractivity contribution in [1.82, 2.24) is 15.0 Å². The van der Waals surface area contributed by atoms with Crippen LogP contribution in [0.15, 0.2) is 0 Å². The first kappa shape index (κ1) is 8.57. The number of amides is 1. The largest absolute Gasteiger partial charge is 0.364 e. The van der Waals surface area contributed by atoms with Crippen molar-refractivity contribution >= 4 is 5.91 Å². The number of nitrogens with zero attached hydrogens (tertiary/aromatic N) is 3. The Morgan fingerprint density at radius 2 is 2.25 bits per heavy atom. The van der Waals surface area contributed by atoms with Gasteiger partial charge in [-0.2, -0.15) is 0 Å². The zero-order valence-electron chi connectivity index (χ0n) is 6.16. The SMILES string of the molecule is Cn1nnc(C(N)=O)c1C(F)F. The normalized spacial score (nSPS) is 10.7. The predicted molar refractivity (Wildman–Crippen MR) is 34.5 cm³/mol. The van der Waals surface area contributed by atoms with Gasteiger partial charge in [-0.05, 0) is 0 Å². The number of hydrogen-bond acceptors (Lipinski definition) is 3. The van der Waals surface area contributed by atoms with Crippen LogP contribution in [0.3, 0.4) is 0 Å². The zero-order chi connectivity index (χ0) is 9.30. The van der Waals surface area contributed by atoms with E-state index >= 15 is 0 Å². The van der Waals surface area contributed by atoms with E-state index in [1.54, 1.807) is 0 Å². The quantitative estimate of drug-likeness (QED) is 0.681. The first-order valence-electron chi connectivity index (χ1n) is 3.01. The molecule has 2 N–H and O–H groups in total. The third-order valence-corrected chi connectivity index (χ3v) is 1.31. The molecule has 1 rings (SSSR count). The lowest BCUT2D eigenvalue weighted by Gasteiger charge is -1.98. The summed E-state index contributed by atoms with van der Waals surface area (Å²) in [6.45, 7) is 0. The number of hydrogen-bond donors (Lipinski definition) is 1. The maximum absolute atomic E-state index is 12.2. The molecule has 5 nitrogen and oxygen atoms in total. The number of carbonyl (C=O) groups is 1. The lowest BCUT2D eigenvalue weighted by molar-refractivity contribution is 0.0977. The number of nitrogens with two attached hydrogens (primary N) is 1. The van der Waals surface area contributed by atoms with Crippen molar-refractivity contribution in [3.8, 4) is 0 Å². The minimum Gasteiger partial charge on any atom is -0.364 e. The Morgan fingerprint density at radius 3 is 2.58 bits per heavy atom. The fourth-order valence-electron chi connectivity index (χ4n) is 0.785. The first-order chi connectivity index (χ1) is 5.54. The van der Waals surface area contributed by atoms with Gasteiger partial charge in [0.15, 0.2) is 5.69 Å². The summed E-state index contributed by atoms with van der Waals surface area (Å²) in [7, 11) is 1.26. The smallest absolute Gasteiger partial charge is 0.282 e. The second-order valence-electron chi connectivity index (χ2n) is 2.11. The van der Waals surface area contributed by atoms with Gasteiger partial charge in [0, 0.05) is 7.05 Å². The van der Waals surface area contributed by atoms with E-state index in [9.17, 15) is 13.6 Å². The van der Waals surface area contributed by atoms with Crippen molar-refractivity contribution < 1.29 is 13.6 Å². The van der Waals surface area contributed by atoms with E-state index in [0.717, 1.165) is 4.68 Å². The van der Waals surface area contributed by atoms with Crippen molar-refractivity contribution in [2.24, 2.45) is 12.8 Å². The first-order valence-corrected chi connectivity index (χ1v) is 3.01. The van der Waals surface area contributed by atoms with Gasteiger partial charge in [-0.3, -0.25) is 4.79 Å². The maximum atomic E-state index is 12.2. The van der Waals surface area contributed by atoms with Gasteiger partial charge in [-0.15, -0.1) is 5.10 Å². The monoisotopic (exact) mass is 176 g/mol. The highest BCUT2D eigenvalue weighted by Crippen LogP contribution is 2.19. The highest BCUT2D eigenvalue weighted by molar-refractivity contribution is 5.91. The van der Waals surface area contributed by atoms with Crippen LogP contribution in [0.2, 0.25) is 0 Å². The van der Waals surface area contributed by atoms with E-state index in [-0.39, 0.29) is 0 Å². The van der Waals surface area contributed by atoms with Crippen LogP contribution in [-0.2, 0) is 7.05 Å². The fourth-order valence-corrected chi connectivity index (χ4v) is 0.785. The van der Waals surface area contributed by atoms with Crippen molar-refractivity contribution in [1.29, 1.82) is 0 Å². The number of rotatable bonds is 2. The Balaban J connectivity index is 3.21. The number of aryl methyl sites for hydroxylation is 1. The molecule has 7 heteroatoms. The molecule has 0 saturated carbocycles. The molecule has 0 saturated heterocycles. The average molecular weight is 176 g/mol. The van der Waals surface area contributed by atoms with E-state index in [4.69, 9.17) is 5.73 Å². The van der Waals surface area contributed by atoms with Crippen molar-refractivity contribution in [2.75, 3.05) is 0 Å². The molecule has 0 fully saturated rings. The molecule has 0 atom stereocenters. The maximum Gasteiger partial charge on any atom is 0.282 e. The van der Waals surface area contributed by atoms with Gasteiger partial charge in [-0.25, -0.2) is 13.5 Å². The summed E-state index contributed by atoms with van der Waals surface area (Å²) in [6.07, 6.45) is -2.80. The summed E-state index contributed by atoms with van der Waals surface area (Å²) in [5.74, 6) is -1.00. The third-order valence-electron chi connectivity index (χ3n) is 1.31. The second-order valence-corrected chi connectivity index (χ2v) is 2.11. The molecular weight excluding hydrogens is 170 g/mol. The van der Waals surface area contributed by atoms with Gasteiger partial charge in [0.2, 0.25) is 0 Å². The molecule has 1 heterocycles. The molecule has 1 aromatic heterocycles. The Morgan fingerprint density at radius 1 is 1.67 bits per heavy atom. The molecule has 0 aliphatic rings. The van der Waals surface area contributed by atoms with Crippen LogP contribution in [0, 0.1) is 0 Å². The summed E-state index contributed by atoms with van der Waals surface area (Å²) in [6, 6.07) is 0. The Labute approximate surface area is 66.2 Å². The molecule has 0 radical (unpaired) electrons. The molecule has 0 aliphatic heterocycles. The van der Waals surface area contributed by atoms with Crippen LogP contribution in [0.1, 0.15) is 22.6 Å². The van der Waals surface area contributed by atoms with E-state index in [1.165, 1.54) is 7.05 Å². The summed E-state index contributed by atoms with van der Waals surface area (Å²) in [5, 5.41) is 6.44. The summed E-state index contributed by atoms with van der Waals surface area (Å²) in [5.41, 5.74) is 3.75. The van der Waals surface area contributed by atoms with E-state index in [0.29, 0.717) is 0 Å². The van der Waals surface area contributed by atoms with E-state index < -0.39 is 23.7 Å². The molecular formula is C5H6F2N4O. The van der Waals surface area contributed by atoms with Crippen molar-refractivity contribution in [3.63, 3.8) is 0 Å². The summed E-state index contributed by atoms with van der Waals surface area (Å²) >= 11 is 0. The molecule has 0 unspecified atom stereocenters. The van der Waals surface area contributed by atoms with Crippen LogP contribution in [0.5, 0.6) is 0 Å². The van der Waals surface area contributed by atoms with Crippen LogP contribution in [-0.4, -0.2) is 20.9 Å². The molecule has 0 aliphatic carbocycles. The molecule has 0 spiro atoms. The van der Waals surface area contributed by atoms with E-state index in [1.807, 2.05) is 0 Å². The molecule has 12 heavy (non-hydrogen) atoms. The van der Waals surface area contributed by atoms with Crippen LogP contribution < -0.4 is 5.73 Å². The van der Waals surface area contributed by atoms with Crippen LogP contribution in [0.4, 0.5) is 8.78 Å². The topological polar surface area (TPSA) is 73.8 Å². The van der Waals surface area contributed by atoms with Gasteiger partial charge in [0.1, 0.15) is 5.69 Å². The number of aromatic nitrogens is 3. The molecule has 66 valence electrons. The van der Waals surface area contributed by atoms with Gasteiger partial charge < -0.3 is 5.73 Å². The highest BCUT2D eigenvalue weighted by atomic mass is 19.3. The Hall–Kier alpha value is -1.53. The average Bonchev–Trinajstić information content (AvgIpc) is 2.30. The lowest BCUT2D eigenvalue weighted by Crippen LogP contribution is -2.15. The van der Waals surface area contributed by atoms with Gasteiger partial charge >= 0.3 is 0 Å². The fraction of sp³-hybridized carbons (Fsp3) is 0.400. The highest BCUT2D eigenvalue weighted by Gasteiger charge is 2.23. The zero-order valence-corrected chi connectivity index (χ0v) is 6.16. The molecule has 1 amide bonds. The number of alkyl halides is 2. The standard InChI is InChI=1S/C5H6F2N4O/c1-11-3(4(6)7)2(5(8)12)9-10-11/h4H,1H3,(H2,8,12). The van der Waals surface area contributed by atoms with Crippen molar-refractivity contribution in [2.45, 2.75) is 6.43 Å². The van der Waals surface area contributed by atoms with Crippen molar-refractivity contribution in [3.05, 3.63) is 11.4 Å². The number of primary amides is 1. The molecule has 1 aromatic rings. The lowest BCUT2D eigenvalue weighted by atomic mass is 10.3. The molecule has 0 bridgehead atoms. The third kappa shape index (κ3) is 1.25. The van der Waals surface area contributed by atoms with Gasteiger partial charge in [-0.1, -0.05) is 5.21 Å². The van der Waals surface area contributed by atoms with E-state index in [2.05, 4.69) is 10.3 Å². The minimum atomic E-state index is -2.80. The van der Waals surface area contributed by atoms with Crippen LogP contribution in [0.25, 0.3) is 0 Å². The Bertz CT molecular complexity index is 308. The number of halogens is 2. The molecule has 0 aromatic carbocycles. The number of carbonyl (C=O) groups excluding carboxylic acids is 1. The predicted octanol–water partition coefficient (Wildman–Crippen LogP) is -0.148. The Kier molecular flexibility index (Phi) is 2.03. The summed E-state index contributed by atoms with van der Waals surface area (Å²) in [4.78, 5) is 10.5. The second kappa shape index (κ2) is 2.84. The minimum absolute atomic E-state index is 0.479. The summed E-state index contributed by atoms with van der Waals surface area (Å²) < 4.78 is 25.2.